The van der Waals surface area contributed by atoms with Crippen LogP contribution in [0.15, 0.2) is 24.3 Å². The average molecular weight is 333 g/mol. The molecule has 7 heteroatoms. The van der Waals surface area contributed by atoms with E-state index in [1.807, 2.05) is 19.1 Å². The number of amides is 3. The lowest BCUT2D eigenvalue weighted by atomic mass is 10.2. The van der Waals surface area contributed by atoms with Crippen molar-refractivity contribution in [3.8, 4) is 5.75 Å². The summed E-state index contributed by atoms with van der Waals surface area (Å²) in [6.07, 6.45) is 0.955. The summed E-state index contributed by atoms with van der Waals surface area (Å²) in [7, 11) is 0. The third-order valence-electron chi connectivity index (χ3n) is 3.69. The van der Waals surface area contributed by atoms with Gasteiger partial charge in [0.15, 0.2) is 6.61 Å². The molecule has 0 fully saturated rings. The highest BCUT2D eigenvalue weighted by atomic mass is 16.5. The summed E-state index contributed by atoms with van der Waals surface area (Å²) in [4.78, 5) is 37.4. The second-order valence-corrected chi connectivity index (χ2v) is 5.63. The summed E-state index contributed by atoms with van der Waals surface area (Å²) in [6.45, 7) is 4.39. The van der Waals surface area contributed by atoms with E-state index in [9.17, 15) is 14.4 Å². The highest BCUT2D eigenvalue weighted by Gasteiger charge is 2.25. The maximum atomic E-state index is 12.0. The van der Waals surface area contributed by atoms with Crippen LogP contribution in [0.5, 0.6) is 5.75 Å². The van der Waals surface area contributed by atoms with Crippen LogP contribution < -0.4 is 20.3 Å². The van der Waals surface area contributed by atoms with Crippen molar-refractivity contribution in [2.75, 3.05) is 24.6 Å². The van der Waals surface area contributed by atoms with Gasteiger partial charge in [-0.25, -0.2) is 0 Å². The number of hydrogen-bond acceptors (Lipinski definition) is 4. The largest absolute Gasteiger partial charge is 0.482 e. The van der Waals surface area contributed by atoms with Crippen LogP contribution >= 0.6 is 0 Å². The van der Waals surface area contributed by atoms with E-state index >= 15 is 0 Å². The van der Waals surface area contributed by atoms with E-state index in [4.69, 9.17) is 4.74 Å². The Kier molecular flexibility index (Phi) is 6.17. The van der Waals surface area contributed by atoms with Crippen LogP contribution in [0.1, 0.15) is 26.7 Å². The standard InChI is InChI=1S/C17H23N3O4/c1-3-9-18-17(23)12(2)19-15(21)8-10-20-13-6-4-5-7-14(13)24-11-16(20)22/h4-7,12H,3,8-11H2,1-2H3,(H,18,23)(H,19,21)/t12-/m0/s1. The molecule has 0 saturated carbocycles. The second kappa shape index (κ2) is 8.33. The number of nitrogens with one attached hydrogen (secondary N) is 2. The summed E-state index contributed by atoms with van der Waals surface area (Å²) in [6, 6.07) is 6.61. The maximum Gasteiger partial charge on any atom is 0.265 e. The molecule has 0 saturated heterocycles. The first-order chi connectivity index (χ1) is 11.5. The fraction of sp³-hybridized carbons (Fsp3) is 0.471. The van der Waals surface area contributed by atoms with Gasteiger partial charge in [0.05, 0.1) is 5.69 Å². The third kappa shape index (κ3) is 4.47. The minimum Gasteiger partial charge on any atom is -0.482 e. The third-order valence-corrected chi connectivity index (χ3v) is 3.69. The van der Waals surface area contributed by atoms with Gasteiger partial charge in [0, 0.05) is 19.5 Å². The number of rotatable bonds is 7. The molecule has 2 N–H and O–H groups in total. The van der Waals surface area contributed by atoms with Crippen LogP contribution in [-0.2, 0) is 14.4 Å². The number of nitrogens with zero attached hydrogens (tertiary/aromatic N) is 1. The lowest BCUT2D eigenvalue weighted by molar-refractivity contribution is -0.128. The molecule has 1 aliphatic rings. The fourth-order valence-corrected chi connectivity index (χ4v) is 2.39. The molecule has 1 aliphatic heterocycles. The Hall–Kier alpha value is -2.57. The Morgan fingerprint density at radius 2 is 2.08 bits per heavy atom. The van der Waals surface area contributed by atoms with Gasteiger partial charge in [-0.2, -0.15) is 0 Å². The van der Waals surface area contributed by atoms with Crippen molar-refractivity contribution < 1.29 is 19.1 Å². The van der Waals surface area contributed by atoms with Gasteiger partial charge in [0.2, 0.25) is 11.8 Å². The first-order valence-electron chi connectivity index (χ1n) is 8.12. The molecule has 0 aliphatic carbocycles. The lowest BCUT2D eigenvalue weighted by Crippen LogP contribution is -2.46. The number of carbonyl (C=O) groups excluding carboxylic acids is 3. The second-order valence-electron chi connectivity index (χ2n) is 5.63. The molecule has 2 rings (SSSR count). The molecular formula is C17H23N3O4. The van der Waals surface area contributed by atoms with Gasteiger partial charge in [0.25, 0.3) is 5.91 Å². The molecule has 1 atom stereocenters. The van der Waals surface area contributed by atoms with Crippen LogP contribution in [0.3, 0.4) is 0 Å². The minimum absolute atomic E-state index is 0.0333. The first kappa shape index (κ1) is 17.8. The molecule has 24 heavy (non-hydrogen) atoms. The van der Waals surface area contributed by atoms with E-state index in [-0.39, 0.29) is 37.3 Å². The van der Waals surface area contributed by atoms with Gasteiger partial charge in [-0.3, -0.25) is 14.4 Å². The SMILES string of the molecule is CCCNC(=O)[C@H](C)NC(=O)CCN1C(=O)COc2ccccc21. The number of ether oxygens (including phenoxy) is 1. The Morgan fingerprint density at radius 3 is 2.83 bits per heavy atom. The summed E-state index contributed by atoms with van der Waals surface area (Å²) in [5.74, 6) is -0.0380. The Bertz CT molecular complexity index is 618. The highest BCUT2D eigenvalue weighted by molar-refractivity contribution is 5.98. The molecule has 3 amide bonds. The molecule has 0 bridgehead atoms. The van der Waals surface area contributed by atoms with Crippen LogP contribution in [0.25, 0.3) is 0 Å². The minimum atomic E-state index is -0.600. The zero-order chi connectivity index (χ0) is 17.5. The summed E-state index contributed by atoms with van der Waals surface area (Å²) in [5, 5.41) is 5.38. The molecule has 0 radical (unpaired) electrons. The van der Waals surface area contributed by atoms with Crippen molar-refractivity contribution in [1.29, 1.82) is 0 Å². The van der Waals surface area contributed by atoms with Gasteiger partial charge in [-0.1, -0.05) is 19.1 Å². The molecule has 1 aromatic rings. The van der Waals surface area contributed by atoms with Crippen LogP contribution in [0.2, 0.25) is 0 Å². The van der Waals surface area contributed by atoms with Gasteiger partial charge in [-0.15, -0.1) is 0 Å². The molecule has 0 unspecified atom stereocenters. The fourth-order valence-electron chi connectivity index (χ4n) is 2.39. The summed E-state index contributed by atoms with van der Waals surface area (Å²) < 4.78 is 5.36. The Labute approximate surface area is 141 Å². The number of para-hydroxylation sites is 2. The van der Waals surface area contributed by atoms with Gasteiger partial charge < -0.3 is 20.3 Å². The van der Waals surface area contributed by atoms with Gasteiger partial charge in [0.1, 0.15) is 11.8 Å². The lowest BCUT2D eigenvalue weighted by Gasteiger charge is -2.29. The number of benzene rings is 1. The quantitative estimate of drug-likeness (QED) is 0.774. The van der Waals surface area contributed by atoms with Crippen molar-refractivity contribution in [1.82, 2.24) is 10.6 Å². The van der Waals surface area contributed by atoms with E-state index in [1.54, 1.807) is 24.0 Å². The van der Waals surface area contributed by atoms with Crippen molar-refractivity contribution in [2.45, 2.75) is 32.7 Å². The van der Waals surface area contributed by atoms with Crippen molar-refractivity contribution in [3.63, 3.8) is 0 Å². The Morgan fingerprint density at radius 1 is 1.33 bits per heavy atom. The predicted molar refractivity (Wildman–Crippen MR) is 89.8 cm³/mol. The molecule has 1 aromatic carbocycles. The highest BCUT2D eigenvalue weighted by Crippen LogP contribution is 2.31. The zero-order valence-corrected chi connectivity index (χ0v) is 14.0. The topological polar surface area (TPSA) is 87.7 Å². The van der Waals surface area contributed by atoms with Gasteiger partial charge in [-0.05, 0) is 25.5 Å². The first-order valence-corrected chi connectivity index (χ1v) is 8.12. The van der Waals surface area contributed by atoms with E-state index in [2.05, 4.69) is 10.6 Å². The number of fused-ring (bicyclic) bond motifs is 1. The zero-order valence-electron chi connectivity index (χ0n) is 14.0. The molecular weight excluding hydrogens is 310 g/mol. The normalized spacial score (nSPS) is 14.4. The number of hydrogen-bond donors (Lipinski definition) is 2. The van der Waals surface area contributed by atoms with Crippen LogP contribution in [-0.4, -0.2) is 43.5 Å². The molecule has 0 spiro atoms. The Balaban J connectivity index is 1.88. The maximum absolute atomic E-state index is 12.0. The van der Waals surface area contributed by atoms with Crippen molar-refractivity contribution in [2.24, 2.45) is 0 Å². The van der Waals surface area contributed by atoms with Crippen molar-refractivity contribution >= 4 is 23.4 Å². The monoisotopic (exact) mass is 333 g/mol. The van der Waals surface area contributed by atoms with E-state index in [1.165, 1.54) is 0 Å². The van der Waals surface area contributed by atoms with Gasteiger partial charge >= 0.3 is 0 Å². The predicted octanol–water partition coefficient (Wildman–Crippen LogP) is 0.833. The molecule has 130 valence electrons. The molecule has 7 nitrogen and oxygen atoms in total. The van der Waals surface area contributed by atoms with Crippen molar-refractivity contribution in [3.05, 3.63) is 24.3 Å². The smallest absolute Gasteiger partial charge is 0.265 e. The van der Waals surface area contributed by atoms with Crippen LogP contribution in [0, 0.1) is 0 Å². The summed E-state index contributed by atoms with van der Waals surface area (Å²) in [5.41, 5.74) is 0.662. The molecule has 0 aromatic heterocycles. The van der Waals surface area contributed by atoms with E-state index in [0.29, 0.717) is 18.0 Å². The van der Waals surface area contributed by atoms with E-state index in [0.717, 1.165) is 6.42 Å². The number of carbonyl (C=O) groups is 3. The van der Waals surface area contributed by atoms with Crippen LogP contribution in [0.4, 0.5) is 5.69 Å². The average Bonchev–Trinajstić information content (AvgIpc) is 2.58. The van der Waals surface area contributed by atoms with E-state index < -0.39 is 6.04 Å². The molecule has 1 heterocycles. The number of anilines is 1. The summed E-state index contributed by atoms with van der Waals surface area (Å²) >= 11 is 0.